The first kappa shape index (κ1) is 28.4. The third kappa shape index (κ3) is 6.14. The van der Waals surface area contributed by atoms with Crippen molar-refractivity contribution in [3.63, 3.8) is 0 Å². The number of anilines is 1. The molecule has 0 spiro atoms. The molecular formula is C24H25ClFN9O2S3. The van der Waals surface area contributed by atoms with Crippen molar-refractivity contribution in [2.45, 2.75) is 19.4 Å². The van der Waals surface area contributed by atoms with E-state index in [9.17, 15) is 12.8 Å². The molecule has 0 radical (unpaired) electrons. The van der Waals surface area contributed by atoms with Crippen molar-refractivity contribution >= 4 is 60.6 Å². The van der Waals surface area contributed by atoms with Crippen molar-refractivity contribution < 1.29 is 12.8 Å². The van der Waals surface area contributed by atoms with Crippen LogP contribution in [0.3, 0.4) is 0 Å². The quantitative estimate of drug-likeness (QED) is 0.200. The second-order valence-corrected chi connectivity index (χ2v) is 13.5. The highest BCUT2D eigenvalue weighted by Gasteiger charge is 2.25. The van der Waals surface area contributed by atoms with Gasteiger partial charge < -0.3 is 10.6 Å². The van der Waals surface area contributed by atoms with E-state index >= 15 is 0 Å². The maximum absolute atomic E-state index is 13.9. The van der Waals surface area contributed by atoms with Crippen molar-refractivity contribution in [1.29, 1.82) is 0 Å². The fraction of sp³-hybridized carbons (Fsp3) is 0.292. The van der Waals surface area contributed by atoms with Crippen LogP contribution < -0.4 is 10.6 Å². The Balaban J connectivity index is 1.21. The predicted molar refractivity (Wildman–Crippen MR) is 156 cm³/mol. The molecule has 11 nitrogen and oxygen atoms in total. The number of fused-ring (bicyclic) bond motifs is 1. The monoisotopic (exact) mass is 621 g/mol. The molecule has 0 saturated carbocycles. The zero-order valence-corrected chi connectivity index (χ0v) is 24.7. The van der Waals surface area contributed by atoms with E-state index < -0.39 is 10.2 Å². The molecule has 16 heteroatoms. The summed E-state index contributed by atoms with van der Waals surface area (Å²) in [5, 5.41) is 7.30. The van der Waals surface area contributed by atoms with E-state index in [2.05, 4.69) is 35.6 Å². The highest BCUT2D eigenvalue weighted by molar-refractivity contribution is 7.87. The largest absolute Gasteiger partial charge is 0.362 e. The maximum Gasteiger partial charge on any atom is 0.309 e. The van der Waals surface area contributed by atoms with Crippen molar-refractivity contribution in [1.82, 2.24) is 38.5 Å². The van der Waals surface area contributed by atoms with Crippen LogP contribution in [0.15, 0.2) is 43.0 Å². The number of halogens is 2. The van der Waals surface area contributed by atoms with Gasteiger partial charge in [0.2, 0.25) is 0 Å². The third-order valence-electron chi connectivity index (χ3n) is 5.85. The summed E-state index contributed by atoms with van der Waals surface area (Å²) in [6, 6.07) is 6.42. The summed E-state index contributed by atoms with van der Waals surface area (Å²) in [6.45, 7) is 1.30. The van der Waals surface area contributed by atoms with Crippen LogP contribution in [0.25, 0.3) is 20.9 Å². The summed E-state index contributed by atoms with van der Waals surface area (Å²) in [4.78, 5) is 23.2. The summed E-state index contributed by atoms with van der Waals surface area (Å²) in [6.07, 6.45) is 5.59. The molecule has 5 aromatic rings. The van der Waals surface area contributed by atoms with Gasteiger partial charge in [0.05, 0.1) is 38.4 Å². The smallest absolute Gasteiger partial charge is 0.309 e. The molecule has 0 aromatic carbocycles. The van der Waals surface area contributed by atoms with E-state index in [4.69, 9.17) is 11.6 Å². The number of aromatic nitrogens is 6. The van der Waals surface area contributed by atoms with Crippen molar-refractivity contribution in [2.24, 2.45) is 0 Å². The fourth-order valence-corrected chi connectivity index (χ4v) is 6.98. The fourth-order valence-electron chi connectivity index (χ4n) is 3.85. The number of hydrogen-bond donors (Lipinski definition) is 2. The Hall–Kier alpha value is -3.08. The van der Waals surface area contributed by atoms with Crippen molar-refractivity contribution in [3.05, 3.63) is 69.7 Å². The molecule has 5 rings (SSSR count). The minimum atomic E-state index is -3.79. The Labute approximate surface area is 243 Å². The SMILES string of the molecule is CN(C)S(=O)(=O)n1c(-c2ccc(Cl)s2)cnc1CCNCCc1nc2c(NCc3ncccc3F)ncnc2s1. The van der Waals surface area contributed by atoms with Gasteiger partial charge in [0, 0.05) is 46.2 Å². The second kappa shape index (κ2) is 12.2. The van der Waals surface area contributed by atoms with Crippen molar-refractivity contribution in [2.75, 3.05) is 32.5 Å². The minimum Gasteiger partial charge on any atom is -0.362 e. The summed E-state index contributed by atoms with van der Waals surface area (Å²) in [7, 11) is -0.814. The summed E-state index contributed by atoms with van der Waals surface area (Å²) >= 11 is 8.84. The number of nitrogens with zero attached hydrogens (tertiary/aromatic N) is 7. The Morgan fingerprint density at radius 3 is 2.65 bits per heavy atom. The number of thiazole rings is 1. The average Bonchev–Trinajstić information content (AvgIpc) is 3.66. The molecule has 0 aliphatic carbocycles. The molecule has 0 aliphatic heterocycles. The molecule has 5 heterocycles. The molecule has 0 fully saturated rings. The van der Waals surface area contributed by atoms with Gasteiger partial charge in [0.15, 0.2) is 5.82 Å². The molecule has 0 saturated heterocycles. The van der Waals surface area contributed by atoms with Crippen LogP contribution in [0, 0.1) is 5.82 Å². The number of nitrogens with one attached hydrogen (secondary N) is 2. The summed E-state index contributed by atoms with van der Waals surface area (Å²) < 4.78 is 43.1. The first-order valence-corrected chi connectivity index (χ1v) is 15.5. The molecule has 2 N–H and O–H groups in total. The normalized spacial score (nSPS) is 12.0. The molecule has 0 atom stereocenters. The van der Waals surface area contributed by atoms with Gasteiger partial charge in [0.25, 0.3) is 0 Å². The molecule has 40 heavy (non-hydrogen) atoms. The van der Waals surface area contributed by atoms with Gasteiger partial charge in [-0.25, -0.2) is 28.3 Å². The van der Waals surface area contributed by atoms with E-state index in [1.54, 1.807) is 24.4 Å². The zero-order chi connectivity index (χ0) is 28.3. The lowest BCUT2D eigenvalue weighted by atomic mass is 10.3. The molecule has 0 bridgehead atoms. The lowest BCUT2D eigenvalue weighted by Gasteiger charge is -2.17. The minimum absolute atomic E-state index is 0.174. The standard InChI is InChI=1S/C24H25ClFN9O2S3/c1-34(2)40(36,37)35-17(18-5-6-19(25)38-18)13-29-20(35)7-10-27-11-8-21-33-22-23(31-14-32-24(22)39-21)30-12-16-15(26)4-3-9-28-16/h3-6,9,13-14,27H,7-8,10-12H2,1-2H3,(H,30,31,32). The van der Waals surface area contributed by atoms with Crippen LogP contribution in [0.1, 0.15) is 16.5 Å². The maximum atomic E-state index is 13.9. The van der Waals surface area contributed by atoms with Crippen LogP contribution in [0.4, 0.5) is 10.2 Å². The first-order valence-electron chi connectivity index (χ1n) is 12.1. The molecule has 0 aliphatic rings. The predicted octanol–water partition coefficient (Wildman–Crippen LogP) is 3.84. The number of imidazole rings is 1. The topological polar surface area (TPSA) is 131 Å². The highest BCUT2D eigenvalue weighted by atomic mass is 35.5. The lowest BCUT2D eigenvalue weighted by Crippen LogP contribution is -2.31. The Morgan fingerprint density at radius 1 is 1.07 bits per heavy atom. The Bertz CT molecular complexity index is 1740. The molecule has 210 valence electrons. The van der Waals surface area contributed by atoms with E-state index in [1.807, 2.05) is 0 Å². The van der Waals surface area contributed by atoms with Crippen LogP contribution in [-0.2, 0) is 29.6 Å². The number of hydrogen-bond acceptors (Lipinski definition) is 11. The van der Waals surface area contributed by atoms with E-state index in [-0.39, 0.29) is 12.4 Å². The van der Waals surface area contributed by atoms with E-state index in [0.717, 1.165) is 19.0 Å². The van der Waals surface area contributed by atoms with Gasteiger partial charge in [-0.3, -0.25) is 4.98 Å². The van der Waals surface area contributed by atoms with E-state index in [0.29, 0.717) is 58.8 Å². The van der Waals surface area contributed by atoms with Crippen LogP contribution >= 0.6 is 34.3 Å². The first-order chi connectivity index (χ1) is 19.2. The van der Waals surface area contributed by atoms with Gasteiger partial charge >= 0.3 is 10.2 Å². The van der Waals surface area contributed by atoms with Gasteiger partial charge in [-0.05, 0) is 24.3 Å². The van der Waals surface area contributed by atoms with Gasteiger partial charge in [-0.2, -0.15) is 12.7 Å². The van der Waals surface area contributed by atoms with Crippen LogP contribution in [0.2, 0.25) is 4.34 Å². The molecule has 5 aromatic heterocycles. The Kier molecular flexibility index (Phi) is 8.68. The second-order valence-electron chi connectivity index (χ2n) is 8.74. The third-order valence-corrected chi connectivity index (χ3v) is 9.91. The number of thiophene rings is 1. The average molecular weight is 622 g/mol. The van der Waals surface area contributed by atoms with Crippen molar-refractivity contribution in [3.8, 4) is 10.6 Å². The van der Waals surface area contributed by atoms with Gasteiger partial charge in [-0.1, -0.05) is 22.9 Å². The van der Waals surface area contributed by atoms with E-state index in [1.165, 1.54) is 59.3 Å². The zero-order valence-electron chi connectivity index (χ0n) is 21.5. The molecular weight excluding hydrogens is 597 g/mol. The van der Waals surface area contributed by atoms with Gasteiger partial charge in [0.1, 0.15) is 28.3 Å². The highest BCUT2D eigenvalue weighted by Crippen LogP contribution is 2.33. The van der Waals surface area contributed by atoms with Crippen LogP contribution in [-0.4, -0.2) is 68.8 Å². The van der Waals surface area contributed by atoms with Crippen LogP contribution in [0.5, 0.6) is 0 Å². The molecule has 0 unspecified atom stereocenters. The summed E-state index contributed by atoms with van der Waals surface area (Å²) in [5.41, 5.74) is 1.39. The van der Waals surface area contributed by atoms with Gasteiger partial charge in [-0.15, -0.1) is 11.3 Å². The Morgan fingerprint density at radius 2 is 1.90 bits per heavy atom. The number of pyridine rings is 1. The summed E-state index contributed by atoms with van der Waals surface area (Å²) in [5.74, 6) is 0.553. The number of rotatable bonds is 12. The molecule has 0 amide bonds. The lowest BCUT2D eigenvalue weighted by molar-refractivity contribution is 0.508.